The first kappa shape index (κ1) is 37.5. The number of hydrogen-bond acceptors (Lipinski definition) is 8. The Morgan fingerprint density at radius 1 is 0.258 bits per heavy atom. The summed E-state index contributed by atoms with van der Waals surface area (Å²) in [5, 5.41) is 1.32. The van der Waals surface area contributed by atoms with Crippen LogP contribution in [0.25, 0.3) is 71.3 Å². The Hall–Kier alpha value is -15.1. The van der Waals surface area contributed by atoms with E-state index in [-0.39, 0.29) is 234 Å². The summed E-state index contributed by atoms with van der Waals surface area (Å²) in [6.45, 7) is -8.94. The highest BCUT2D eigenvalue weighted by molar-refractivity contribution is 7.00. The highest BCUT2D eigenvalue weighted by atomic mass is 16.5. The molecule has 0 saturated carbocycles. The van der Waals surface area contributed by atoms with Gasteiger partial charge in [0.15, 0.2) is 0 Å². The minimum absolute atomic E-state index is 0.0310. The molecule has 18 aromatic carbocycles. The molecule has 0 fully saturated rings. The monoisotopic (exact) mass is 1590 g/mol. The van der Waals surface area contributed by atoms with Crippen molar-refractivity contribution in [1.82, 2.24) is 4.57 Å². The van der Waals surface area contributed by atoms with Gasteiger partial charge in [-0.2, -0.15) is 0 Å². The van der Waals surface area contributed by atoms with Crippen molar-refractivity contribution in [3.05, 3.63) is 380 Å². The number of ether oxygens (including phenoxy) is 8. The molecule has 562 valence electrons. The van der Waals surface area contributed by atoms with E-state index in [0.717, 1.165) is 33.1 Å². The second-order valence-corrected chi connectivity index (χ2v) is 28.3. The third-order valence-electron chi connectivity index (χ3n) is 21.5. The van der Waals surface area contributed by atoms with E-state index < -0.39 is 244 Å². The molecule has 19 aromatic rings. The lowest BCUT2D eigenvalue weighted by Gasteiger charge is -2.33. The number of aromatic nitrogens is 1. The average Bonchev–Trinajstić information content (AvgIpc) is 0.756. The van der Waals surface area contributed by atoms with Gasteiger partial charge in [0.2, 0.25) is 0 Å². The molecule has 0 unspecified atom stereocenters. The summed E-state index contributed by atoms with van der Waals surface area (Å²) in [7, 11) is 0. The molecular formula is C107H69B4NO8. The van der Waals surface area contributed by atoms with Crippen molar-refractivity contribution in [1.29, 1.82) is 0 Å². The van der Waals surface area contributed by atoms with Crippen molar-refractivity contribution in [2.24, 2.45) is 0 Å². The molecule has 0 spiro atoms. The van der Waals surface area contributed by atoms with Crippen molar-refractivity contribution in [2.45, 2.75) is 20.6 Å². The van der Waals surface area contributed by atoms with E-state index >= 15 is 0 Å². The molecule has 0 aliphatic carbocycles. The van der Waals surface area contributed by atoms with Crippen LogP contribution in [0.15, 0.2) is 363 Å². The Morgan fingerprint density at radius 2 is 0.658 bits per heavy atom. The van der Waals surface area contributed by atoms with Gasteiger partial charge in [0, 0.05) is 52.1 Å². The first-order valence-corrected chi connectivity index (χ1v) is 37.3. The summed E-state index contributed by atoms with van der Waals surface area (Å²) in [6.07, 6.45) is 0. The number of para-hydroxylation sites is 6. The second-order valence-electron chi connectivity index (χ2n) is 28.3. The zero-order chi connectivity index (χ0) is 119. The molecule has 0 amide bonds. The topological polar surface area (TPSA) is 78.8 Å². The number of nitrogens with zero attached hydrogens (tertiary/aromatic N) is 1. The lowest BCUT2D eigenvalue weighted by atomic mass is 9.34. The van der Waals surface area contributed by atoms with Gasteiger partial charge in [-0.1, -0.05) is 259 Å². The average molecular weight is 1590 g/mol. The Labute approximate surface area is 759 Å². The summed E-state index contributed by atoms with van der Waals surface area (Å²) in [4.78, 5) is 0. The van der Waals surface area contributed by atoms with E-state index in [1.54, 1.807) is 24.3 Å². The van der Waals surface area contributed by atoms with Crippen molar-refractivity contribution in [2.75, 3.05) is 0 Å². The summed E-state index contributed by atoms with van der Waals surface area (Å²) in [5.74, 6) is -0.674. The standard InChI is InChI=1S/C36H22BNO2.C26H15BO2.C25H17BO2.C20H15BO2/c1-2-11-24(12-3-1)38-30-18-7-4-13-26(30)27-15-10-14-25(36(27)38)23-21-33-35-34(22-23)40-32-20-9-6-17-29(32)37(35)28-16-5-8-19-31(28)39-33;1-3-8-18-14-24-20(12-16(18)6-1)27-21-13-17-7-2-4-9-19(17)15-25(21)29-23-11-5-10-22(28-24)26(23)27;1-16-13-23-25-24(14-16)28-22-15-18(17-7-3-2-4-8-17)11-12-20(22)26(25)19-9-5-6-10-21(19)27-23;1-12-6-8-16-14(10-12)21-15-11-13(2)7-9-17(15)23-19-5-3-4-18(22-16)20(19)21/h1-22H;1-15H;2-15H,1H3;3-11H,1-2H3/i5D,6D,8D,9D,16D,17D,19D,20D;1D,2D,3D,4D,6D,7D,8D,9D,12D,13D,14D,15D;2D,3D,4D,5D,6D,7D,8D,9D,10D,11D,12D,13D,14D,15D;1D3,2D3,6D,7D,8D,9D,10D,11D. The van der Waals surface area contributed by atoms with Crippen LogP contribution in [0.3, 0.4) is 0 Å². The van der Waals surface area contributed by atoms with Crippen LogP contribution in [0.1, 0.15) is 79.7 Å². The minimum Gasteiger partial charge on any atom is -0.458 e. The van der Waals surface area contributed by atoms with Crippen LogP contribution in [0, 0.1) is 20.6 Å². The molecule has 0 saturated heterocycles. The summed E-state index contributed by atoms with van der Waals surface area (Å²) >= 11 is 0. The molecule has 13 heteroatoms. The van der Waals surface area contributed by atoms with Gasteiger partial charge in [0.25, 0.3) is 26.9 Å². The summed E-state index contributed by atoms with van der Waals surface area (Å²) in [6, 6.07) is 16.5. The van der Waals surface area contributed by atoms with E-state index in [9.17, 15) is 2.74 Å². The Bertz CT molecular complexity index is 9960. The number of fused-ring (bicyclic) bond motifs is 21. The van der Waals surface area contributed by atoms with Crippen molar-refractivity contribution in [3.63, 3.8) is 0 Å². The van der Waals surface area contributed by atoms with Crippen LogP contribution in [0.5, 0.6) is 92.0 Å². The SMILES string of the molecule is [2H]c1c([2H])c(C([2H])([2H])[2H])c([2H])c2c1Oc1cccc3c1B2c1c([2H])c(C([2H])([2H])[2H])c([2H])c([2H])c1O3.[2H]c1c([2H])c([2H])c(-c2c([2H])c([2H])c3c(c2[2H])Oc2c([2H])c(C)c([2H])c4c2B3c2c([2H])c([2H])c([2H])c([2H])c2O4)c([2H])c1[2H].[2H]c1c([2H])c([2H])c2c([2H])c3c(c([2H])c2c1[2H])Oc1cccc2c1B3c1c(c([2H])c3c([2H])c([2H])c([2H])c([2H])c3c1[2H])O2.[2H]c1c([2H])c([2H])c2c(c1[2H])Oc1cc(-c3cccc4c5ccccc5n(-c5ccccc5)c34)cc3c1B2c1c([2H])c([2H])c([2H])c([2H])c1O3. The number of benzene rings is 18. The molecule has 9 nitrogen and oxygen atoms in total. The molecule has 8 aliphatic rings. The van der Waals surface area contributed by atoms with Crippen LogP contribution < -0.4 is 103 Å². The maximum Gasteiger partial charge on any atom is 0.260 e. The van der Waals surface area contributed by atoms with Crippen LogP contribution in [0.2, 0.25) is 0 Å². The predicted octanol–water partition coefficient (Wildman–Crippen LogP) is 19.3. The molecule has 1 aromatic heterocycles. The van der Waals surface area contributed by atoms with Crippen molar-refractivity contribution < 1.29 is 101 Å². The fraction of sp³-hybridized carbons (Fsp3) is 0.0280. The molecule has 120 heavy (non-hydrogen) atoms. The van der Waals surface area contributed by atoms with Crippen LogP contribution in [0.4, 0.5) is 0 Å². The summed E-state index contributed by atoms with van der Waals surface area (Å²) in [5.41, 5.74) is 3.06. The molecular weight excluding hydrogens is 1470 g/mol. The zero-order valence-corrected chi connectivity index (χ0v) is 61.6. The Kier molecular flexibility index (Phi) is 8.60. The third-order valence-corrected chi connectivity index (χ3v) is 21.5. The predicted molar refractivity (Wildman–Crippen MR) is 491 cm³/mol. The first-order valence-electron chi connectivity index (χ1n) is 60.3. The van der Waals surface area contributed by atoms with Gasteiger partial charge in [0.05, 0.1) is 65.9 Å². The first-order chi connectivity index (χ1) is 78.3. The zero-order valence-electron chi connectivity index (χ0n) is 108. The van der Waals surface area contributed by atoms with E-state index in [2.05, 4.69) is 22.8 Å². The Balaban J connectivity index is 0.000000115. The van der Waals surface area contributed by atoms with E-state index in [1.807, 2.05) is 66.7 Å². The fourth-order valence-corrected chi connectivity index (χ4v) is 16.6. The molecule has 0 bridgehead atoms. The largest absolute Gasteiger partial charge is 0.458 e. The van der Waals surface area contributed by atoms with Crippen LogP contribution >= 0.6 is 0 Å². The normalized spacial score (nSPS) is 18.7. The second kappa shape index (κ2) is 27.6. The van der Waals surface area contributed by atoms with Gasteiger partial charge in [0.1, 0.15) is 92.0 Å². The van der Waals surface area contributed by atoms with Gasteiger partial charge in [-0.25, -0.2) is 0 Å². The summed E-state index contributed by atoms with van der Waals surface area (Å²) < 4.78 is 439. The maximum absolute atomic E-state index is 9.17. The molecule has 0 radical (unpaired) electrons. The highest BCUT2D eigenvalue weighted by Gasteiger charge is 2.45. The van der Waals surface area contributed by atoms with Gasteiger partial charge < -0.3 is 42.5 Å². The van der Waals surface area contributed by atoms with Gasteiger partial charge in [-0.15, -0.1) is 0 Å². The number of hydrogen-bond donors (Lipinski definition) is 0. The molecule has 27 rings (SSSR count). The lowest BCUT2D eigenvalue weighted by Crippen LogP contribution is -2.57. The Morgan fingerprint density at radius 3 is 1.21 bits per heavy atom. The van der Waals surface area contributed by atoms with E-state index in [0.29, 0.717) is 16.5 Å². The molecule has 8 aliphatic heterocycles. The fourth-order valence-electron chi connectivity index (χ4n) is 16.6. The lowest BCUT2D eigenvalue weighted by molar-refractivity contribution is 0.463. The van der Waals surface area contributed by atoms with Gasteiger partial charge >= 0.3 is 0 Å². The minimum atomic E-state index is -2.91. The highest BCUT2D eigenvalue weighted by Crippen LogP contribution is 2.46. The molecule has 0 N–H and O–H groups in total. The third kappa shape index (κ3) is 11.3. The smallest absolute Gasteiger partial charge is 0.260 e. The maximum atomic E-state index is 9.17. The molecule has 0 atom stereocenters. The quantitative estimate of drug-likeness (QED) is 0.162. The van der Waals surface area contributed by atoms with Gasteiger partial charge in [-0.05, 0) is 223 Å². The van der Waals surface area contributed by atoms with Gasteiger partial charge in [-0.3, -0.25) is 0 Å². The molecule has 9 heterocycles. The van der Waals surface area contributed by atoms with Crippen LogP contribution in [-0.2, 0) is 0 Å². The van der Waals surface area contributed by atoms with Crippen LogP contribution in [-0.4, -0.2) is 31.4 Å². The van der Waals surface area contributed by atoms with Crippen molar-refractivity contribution >= 4 is 136 Å². The van der Waals surface area contributed by atoms with Crippen molar-refractivity contribution in [3.8, 4) is 120 Å². The van der Waals surface area contributed by atoms with E-state index in [4.69, 9.17) is 98.2 Å². The van der Waals surface area contributed by atoms with E-state index in [1.165, 1.54) is 19.1 Å². The number of rotatable bonds is 3.